The molecule has 27 heavy (non-hydrogen) atoms. The van der Waals surface area contributed by atoms with Crippen LogP contribution in [0.1, 0.15) is 10.4 Å². The van der Waals surface area contributed by atoms with Gasteiger partial charge in [-0.2, -0.15) is 4.31 Å². The summed E-state index contributed by atoms with van der Waals surface area (Å²) >= 11 is 6.10. The Morgan fingerprint density at radius 3 is 2.33 bits per heavy atom. The van der Waals surface area contributed by atoms with Crippen molar-refractivity contribution in [3.63, 3.8) is 0 Å². The Balaban J connectivity index is 1.84. The van der Waals surface area contributed by atoms with Gasteiger partial charge in [0.05, 0.1) is 30.9 Å². The van der Waals surface area contributed by atoms with Gasteiger partial charge in [0, 0.05) is 13.1 Å². The molecule has 0 radical (unpaired) electrons. The molecule has 1 aliphatic heterocycles. The fraction of sp³-hybridized carbons (Fsp3) is 0.278. The normalized spacial score (nSPS) is 15.3. The van der Waals surface area contributed by atoms with Crippen molar-refractivity contribution in [2.24, 2.45) is 0 Å². The lowest BCUT2D eigenvalue weighted by atomic mass is 10.2. The molecule has 1 saturated heterocycles. The predicted octanol–water partition coefficient (Wildman–Crippen LogP) is 2.59. The lowest BCUT2D eigenvalue weighted by Gasteiger charge is -2.26. The molecule has 0 aliphatic carbocycles. The number of esters is 1. The van der Waals surface area contributed by atoms with Crippen LogP contribution in [-0.2, 0) is 14.8 Å². The Labute approximate surface area is 162 Å². The first-order chi connectivity index (χ1) is 12.9. The van der Waals surface area contributed by atoms with Crippen LogP contribution < -0.4 is 9.47 Å². The van der Waals surface area contributed by atoms with E-state index in [0.29, 0.717) is 24.7 Å². The van der Waals surface area contributed by atoms with E-state index in [9.17, 15) is 13.2 Å². The molecule has 0 amide bonds. The van der Waals surface area contributed by atoms with Gasteiger partial charge in [-0.25, -0.2) is 13.2 Å². The van der Waals surface area contributed by atoms with E-state index in [1.54, 1.807) is 24.3 Å². The van der Waals surface area contributed by atoms with Crippen molar-refractivity contribution in [3.05, 3.63) is 53.1 Å². The lowest BCUT2D eigenvalue weighted by Crippen LogP contribution is -2.40. The standard InChI is InChI=1S/C18H18ClNO6S/c1-24-14-3-5-15(6-4-14)26-18(21)13-2-7-16(19)17(12-13)27(22,23)20-8-10-25-11-9-20/h2-7,12H,8-11H2,1H3. The molecule has 2 aromatic rings. The Hall–Kier alpha value is -2.13. The second-order valence-corrected chi connectivity index (χ2v) is 8.04. The van der Waals surface area contributed by atoms with Gasteiger partial charge in [0.15, 0.2) is 0 Å². The average Bonchev–Trinajstić information content (AvgIpc) is 2.69. The Kier molecular flexibility index (Phi) is 6.01. The number of rotatable bonds is 5. The SMILES string of the molecule is COc1ccc(OC(=O)c2ccc(Cl)c(S(=O)(=O)N3CCOCC3)c2)cc1. The number of methoxy groups -OCH3 is 1. The van der Waals surface area contributed by atoms with E-state index in [1.807, 2.05) is 0 Å². The molecular formula is C18H18ClNO6S. The number of benzene rings is 2. The zero-order chi connectivity index (χ0) is 19.4. The molecule has 0 saturated carbocycles. The van der Waals surface area contributed by atoms with Crippen LogP contribution in [0.4, 0.5) is 0 Å². The van der Waals surface area contributed by atoms with Crippen LogP contribution in [0.15, 0.2) is 47.4 Å². The second-order valence-electron chi connectivity index (χ2n) is 5.73. The second kappa shape index (κ2) is 8.26. The summed E-state index contributed by atoms with van der Waals surface area (Å²) in [5.74, 6) is 0.254. The monoisotopic (exact) mass is 411 g/mol. The number of sulfonamides is 1. The maximum absolute atomic E-state index is 12.8. The maximum Gasteiger partial charge on any atom is 0.343 e. The molecule has 7 nitrogen and oxygen atoms in total. The predicted molar refractivity (Wildman–Crippen MR) is 99.0 cm³/mol. The van der Waals surface area contributed by atoms with Gasteiger partial charge in [0.1, 0.15) is 16.4 Å². The number of hydrogen-bond acceptors (Lipinski definition) is 6. The van der Waals surface area contributed by atoms with Crippen LogP contribution in [0.3, 0.4) is 0 Å². The van der Waals surface area contributed by atoms with Gasteiger partial charge in [-0.15, -0.1) is 0 Å². The minimum absolute atomic E-state index is 0.0440. The van der Waals surface area contributed by atoms with Crippen molar-refractivity contribution in [1.29, 1.82) is 0 Å². The molecule has 0 N–H and O–H groups in total. The lowest BCUT2D eigenvalue weighted by molar-refractivity contribution is 0.0727. The number of ether oxygens (including phenoxy) is 3. The average molecular weight is 412 g/mol. The van der Waals surface area contributed by atoms with E-state index in [0.717, 1.165) is 0 Å². The van der Waals surface area contributed by atoms with E-state index in [4.69, 9.17) is 25.8 Å². The highest BCUT2D eigenvalue weighted by Gasteiger charge is 2.29. The highest BCUT2D eigenvalue weighted by atomic mass is 35.5. The molecule has 0 spiro atoms. The van der Waals surface area contributed by atoms with Crippen LogP contribution in [0, 0.1) is 0 Å². The summed E-state index contributed by atoms with van der Waals surface area (Å²) in [5, 5.41) is 0.0440. The molecule has 2 aromatic carbocycles. The first-order valence-electron chi connectivity index (χ1n) is 8.15. The molecule has 0 aromatic heterocycles. The molecule has 1 aliphatic rings. The minimum Gasteiger partial charge on any atom is -0.497 e. The molecule has 9 heteroatoms. The summed E-state index contributed by atoms with van der Waals surface area (Å²) in [6, 6.07) is 10.5. The number of carbonyl (C=O) groups is 1. The number of halogens is 1. The first-order valence-corrected chi connectivity index (χ1v) is 9.97. The van der Waals surface area contributed by atoms with Crippen molar-refractivity contribution < 1.29 is 27.4 Å². The third kappa shape index (κ3) is 4.41. The molecule has 0 atom stereocenters. The van der Waals surface area contributed by atoms with Crippen molar-refractivity contribution in [2.45, 2.75) is 4.90 Å². The summed E-state index contributed by atoms with van der Waals surface area (Å²) in [6.45, 7) is 1.10. The third-order valence-corrected chi connectivity index (χ3v) is 6.40. The number of nitrogens with zero attached hydrogens (tertiary/aromatic N) is 1. The number of carbonyl (C=O) groups excluding carboxylic acids is 1. The zero-order valence-corrected chi connectivity index (χ0v) is 16.1. The third-order valence-electron chi connectivity index (χ3n) is 4.02. The molecule has 3 rings (SSSR count). The maximum atomic E-state index is 12.8. The highest BCUT2D eigenvalue weighted by molar-refractivity contribution is 7.89. The van der Waals surface area contributed by atoms with Gasteiger partial charge < -0.3 is 14.2 Å². The van der Waals surface area contributed by atoms with Gasteiger partial charge in [0.25, 0.3) is 0 Å². The first kappa shape index (κ1) is 19.6. The number of hydrogen-bond donors (Lipinski definition) is 0. The van der Waals surface area contributed by atoms with E-state index < -0.39 is 16.0 Å². The van der Waals surface area contributed by atoms with Gasteiger partial charge in [-0.1, -0.05) is 11.6 Å². The van der Waals surface area contributed by atoms with E-state index in [-0.39, 0.29) is 28.6 Å². The summed E-state index contributed by atoms with van der Waals surface area (Å²) < 4.78 is 42.5. The minimum atomic E-state index is -3.83. The summed E-state index contributed by atoms with van der Waals surface area (Å²) in [7, 11) is -2.30. The van der Waals surface area contributed by atoms with E-state index in [2.05, 4.69) is 0 Å². The van der Waals surface area contributed by atoms with Gasteiger partial charge in [-0.3, -0.25) is 0 Å². The molecule has 0 unspecified atom stereocenters. The fourth-order valence-electron chi connectivity index (χ4n) is 2.56. The van der Waals surface area contributed by atoms with Crippen LogP contribution >= 0.6 is 11.6 Å². The summed E-state index contributed by atoms with van der Waals surface area (Å²) in [4.78, 5) is 12.3. The van der Waals surface area contributed by atoms with Crippen LogP contribution in [0.5, 0.6) is 11.5 Å². The van der Waals surface area contributed by atoms with Crippen LogP contribution in [-0.4, -0.2) is 52.1 Å². The Morgan fingerprint density at radius 1 is 1.07 bits per heavy atom. The molecule has 0 bridgehead atoms. The highest BCUT2D eigenvalue weighted by Crippen LogP contribution is 2.27. The van der Waals surface area contributed by atoms with Crippen molar-refractivity contribution >= 4 is 27.6 Å². The van der Waals surface area contributed by atoms with Gasteiger partial charge in [-0.05, 0) is 42.5 Å². The smallest absolute Gasteiger partial charge is 0.343 e. The van der Waals surface area contributed by atoms with Crippen LogP contribution in [0.25, 0.3) is 0 Å². The van der Waals surface area contributed by atoms with Gasteiger partial charge >= 0.3 is 5.97 Å². The van der Waals surface area contributed by atoms with E-state index >= 15 is 0 Å². The van der Waals surface area contributed by atoms with Crippen molar-refractivity contribution in [2.75, 3.05) is 33.4 Å². The van der Waals surface area contributed by atoms with Crippen LogP contribution in [0.2, 0.25) is 5.02 Å². The molecule has 1 fully saturated rings. The molecule has 1 heterocycles. The largest absolute Gasteiger partial charge is 0.497 e. The Bertz CT molecular complexity index is 923. The Morgan fingerprint density at radius 2 is 1.70 bits per heavy atom. The van der Waals surface area contributed by atoms with Crippen molar-refractivity contribution in [3.8, 4) is 11.5 Å². The zero-order valence-electron chi connectivity index (χ0n) is 14.6. The summed E-state index contributed by atoms with van der Waals surface area (Å²) in [5.41, 5.74) is 0.0852. The number of morpholine rings is 1. The fourth-order valence-corrected chi connectivity index (χ4v) is 4.47. The quantitative estimate of drug-likeness (QED) is 0.555. The van der Waals surface area contributed by atoms with Gasteiger partial charge in [0.2, 0.25) is 10.0 Å². The van der Waals surface area contributed by atoms with E-state index in [1.165, 1.54) is 29.6 Å². The summed E-state index contributed by atoms with van der Waals surface area (Å²) in [6.07, 6.45) is 0. The topological polar surface area (TPSA) is 82.1 Å². The van der Waals surface area contributed by atoms with Crippen molar-refractivity contribution in [1.82, 2.24) is 4.31 Å². The molecule has 144 valence electrons. The molecular weight excluding hydrogens is 394 g/mol.